The van der Waals surface area contributed by atoms with E-state index in [9.17, 15) is 23.1 Å². The normalized spacial score (nSPS) is 20.6. The fourth-order valence-corrected chi connectivity index (χ4v) is 1.49. The largest absolute Gasteiger partial charge is 0.492 e. The summed E-state index contributed by atoms with van der Waals surface area (Å²) in [6, 6.07) is 1.80. The molecule has 0 saturated carbocycles. The number of carbonyl (C=O) groups excluding carboxylic acids is 1. The summed E-state index contributed by atoms with van der Waals surface area (Å²) in [5.41, 5.74) is -1.20. The summed E-state index contributed by atoms with van der Waals surface area (Å²) in [5, 5.41) is 19.1. The molecule has 0 amide bonds. The molecule has 8 heteroatoms. The van der Waals surface area contributed by atoms with Crippen LogP contribution in [0, 0.1) is 11.3 Å². The lowest BCUT2D eigenvalue weighted by atomic mass is 9.90. The number of halogens is 3. The van der Waals surface area contributed by atoms with Gasteiger partial charge in [-0.1, -0.05) is 0 Å². The Morgan fingerprint density at radius 2 is 2.00 bits per heavy atom. The van der Waals surface area contributed by atoms with E-state index >= 15 is 0 Å². The molecule has 0 bridgehead atoms. The number of carbonyl (C=O) groups is 1. The third-order valence-electron chi connectivity index (χ3n) is 2.50. The van der Waals surface area contributed by atoms with Crippen molar-refractivity contribution in [3.8, 4) is 6.07 Å². The maximum absolute atomic E-state index is 11.9. The van der Waals surface area contributed by atoms with Gasteiger partial charge >= 0.3 is 12.1 Å². The van der Waals surface area contributed by atoms with Crippen LogP contribution in [0.1, 0.15) is 19.3 Å². The minimum Gasteiger partial charge on any atom is -0.389 e. The van der Waals surface area contributed by atoms with Crippen LogP contribution in [0.25, 0.3) is 0 Å². The molecule has 0 atom stereocenters. The summed E-state index contributed by atoms with van der Waals surface area (Å²) in [6.45, 7) is -0.0556. The Balaban J connectivity index is 2.43. The van der Waals surface area contributed by atoms with Gasteiger partial charge in [-0.25, -0.2) is 4.79 Å². The van der Waals surface area contributed by atoms with E-state index in [0.717, 1.165) is 5.06 Å². The second kappa shape index (κ2) is 4.89. The molecule has 0 spiro atoms. The second-order valence-electron chi connectivity index (χ2n) is 3.86. The van der Waals surface area contributed by atoms with Crippen LogP contribution < -0.4 is 0 Å². The van der Waals surface area contributed by atoms with Gasteiger partial charge in [-0.05, 0) is 12.8 Å². The molecule has 0 unspecified atom stereocenters. The Morgan fingerprint density at radius 1 is 1.47 bits per heavy atom. The molecule has 17 heavy (non-hydrogen) atoms. The predicted molar refractivity (Wildman–Crippen MR) is 48.1 cm³/mol. The van der Waals surface area contributed by atoms with Crippen molar-refractivity contribution in [1.82, 2.24) is 5.06 Å². The lowest BCUT2D eigenvalue weighted by molar-refractivity contribution is -0.246. The van der Waals surface area contributed by atoms with Crippen LogP contribution in [0.5, 0.6) is 0 Å². The Morgan fingerprint density at radius 3 is 2.41 bits per heavy atom. The van der Waals surface area contributed by atoms with Crippen molar-refractivity contribution in [1.29, 1.82) is 5.26 Å². The molecule has 96 valence electrons. The van der Waals surface area contributed by atoms with E-state index in [2.05, 4.69) is 4.84 Å². The van der Waals surface area contributed by atoms with Gasteiger partial charge in [0.1, 0.15) is 0 Å². The molecular weight excluding hydrogens is 241 g/mol. The third-order valence-corrected chi connectivity index (χ3v) is 2.50. The van der Waals surface area contributed by atoms with Gasteiger partial charge in [-0.3, -0.25) is 0 Å². The van der Waals surface area contributed by atoms with Crippen molar-refractivity contribution >= 4 is 5.97 Å². The van der Waals surface area contributed by atoms with E-state index in [4.69, 9.17) is 5.26 Å². The molecule has 0 aromatic carbocycles. The van der Waals surface area contributed by atoms with E-state index in [1.807, 2.05) is 0 Å². The zero-order chi connectivity index (χ0) is 13.1. The van der Waals surface area contributed by atoms with Crippen LogP contribution in [-0.4, -0.2) is 41.0 Å². The van der Waals surface area contributed by atoms with Crippen molar-refractivity contribution in [3.05, 3.63) is 0 Å². The predicted octanol–water partition coefficient (Wildman–Crippen LogP) is 0.747. The van der Waals surface area contributed by atoms with Gasteiger partial charge in [0.25, 0.3) is 0 Å². The van der Waals surface area contributed by atoms with Crippen molar-refractivity contribution in [2.24, 2.45) is 0 Å². The Labute approximate surface area is 95.3 Å². The van der Waals surface area contributed by atoms with Crippen molar-refractivity contribution in [2.75, 3.05) is 13.1 Å². The molecule has 0 aromatic heterocycles. The lowest BCUT2D eigenvalue weighted by Gasteiger charge is -2.35. The summed E-state index contributed by atoms with van der Waals surface area (Å²) in [4.78, 5) is 14.6. The van der Waals surface area contributed by atoms with E-state index < -0.39 is 17.7 Å². The summed E-state index contributed by atoms with van der Waals surface area (Å²) < 4.78 is 35.6. The van der Waals surface area contributed by atoms with Crippen molar-refractivity contribution in [2.45, 2.75) is 31.0 Å². The SMILES string of the molecule is N#CCC1(O)CCN(OC(=O)C(F)(F)F)CC1. The number of hydrogen-bond donors (Lipinski definition) is 1. The molecule has 0 aromatic rings. The molecule has 1 N–H and O–H groups in total. The average Bonchev–Trinajstić information content (AvgIpc) is 2.20. The number of nitrogens with zero attached hydrogens (tertiary/aromatic N) is 2. The minimum absolute atomic E-state index is 0.0278. The highest BCUT2D eigenvalue weighted by Crippen LogP contribution is 2.26. The molecule has 1 aliphatic heterocycles. The van der Waals surface area contributed by atoms with Gasteiger partial charge in [0, 0.05) is 13.1 Å². The van der Waals surface area contributed by atoms with Crippen LogP contribution in [0.4, 0.5) is 13.2 Å². The van der Waals surface area contributed by atoms with Crippen LogP contribution >= 0.6 is 0 Å². The van der Waals surface area contributed by atoms with Gasteiger partial charge in [0.2, 0.25) is 0 Å². The fourth-order valence-electron chi connectivity index (χ4n) is 1.49. The van der Waals surface area contributed by atoms with Gasteiger partial charge in [-0.15, -0.1) is 5.06 Å². The van der Waals surface area contributed by atoms with Crippen LogP contribution in [0.15, 0.2) is 0 Å². The lowest BCUT2D eigenvalue weighted by Crippen LogP contribution is -2.46. The Kier molecular flexibility index (Phi) is 3.95. The number of rotatable bonds is 2. The summed E-state index contributed by atoms with van der Waals surface area (Å²) >= 11 is 0. The zero-order valence-electron chi connectivity index (χ0n) is 8.83. The summed E-state index contributed by atoms with van der Waals surface area (Å²) in [7, 11) is 0. The molecule has 0 radical (unpaired) electrons. The Hall–Kier alpha value is -1.33. The first-order valence-electron chi connectivity index (χ1n) is 4.90. The number of hydroxylamine groups is 2. The van der Waals surface area contributed by atoms with Gasteiger partial charge in [0.05, 0.1) is 18.1 Å². The van der Waals surface area contributed by atoms with Gasteiger partial charge in [-0.2, -0.15) is 18.4 Å². The Bertz CT molecular complexity index is 329. The molecule has 1 saturated heterocycles. The molecule has 1 rings (SSSR count). The first kappa shape index (κ1) is 13.7. The monoisotopic (exact) mass is 252 g/mol. The number of hydrogen-bond acceptors (Lipinski definition) is 5. The molecule has 1 heterocycles. The summed E-state index contributed by atoms with van der Waals surface area (Å²) in [5.74, 6) is -2.27. The van der Waals surface area contributed by atoms with Gasteiger partial charge in [0.15, 0.2) is 0 Å². The number of nitriles is 1. The van der Waals surface area contributed by atoms with Crippen LogP contribution in [0.3, 0.4) is 0 Å². The third kappa shape index (κ3) is 3.87. The highest BCUT2D eigenvalue weighted by molar-refractivity contribution is 5.75. The highest BCUT2D eigenvalue weighted by Gasteiger charge is 2.43. The molecular formula is C9H11F3N2O3. The molecule has 1 fully saturated rings. The summed E-state index contributed by atoms with van der Waals surface area (Å²) in [6.07, 6.45) is -4.94. The van der Waals surface area contributed by atoms with Crippen LogP contribution in [-0.2, 0) is 9.63 Å². The smallest absolute Gasteiger partial charge is 0.389 e. The first-order valence-corrected chi connectivity index (χ1v) is 4.90. The topological polar surface area (TPSA) is 73.6 Å². The fraction of sp³-hybridized carbons (Fsp3) is 0.778. The van der Waals surface area contributed by atoms with Crippen molar-refractivity contribution in [3.63, 3.8) is 0 Å². The van der Waals surface area contributed by atoms with E-state index in [0.29, 0.717) is 0 Å². The number of aliphatic hydroxyl groups is 1. The van der Waals surface area contributed by atoms with Crippen LogP contribution in [0.2, 0.25) is 0 Å². The quantitative estimate of drug-likeness (QED) is 0.784. The first-order chi connectivity index (χ1) is 7.77. The maximum atomic E-state index is 11.9. The minimum atomic E-state index is -5.03. The van der Waals surface area contributed by atoms with Crippen molar-refractivity contribution < 1.29 is 27.9 Å². The molecule has 0 aliphatic carbocycles. The zero-order valence-corrected chi connectivity index (χ0v) is 8.83. The average molecular weight is 252 g/mol. The van der Waals surface area contributed by atoms with E-state index in [-0.39, 0.29) is 32.4 Å². The highest BCUT2D eigenvalue weighted by atomic mass is 19.4. The second-order valence-corrected chi connectivity index (χ2v) is 3.86. The molecule has 5 nitrogen and oxygen atoms in total. The maximum Gasteiger partial charge on any atom is 0.492 e. The van der Waals surface area contributed by atoms with E-state index in [1.54, 1.807) is 6.07 Å². The van der Waals surface area contributed by atoms with E-state index in [1.165, 1.54) is 0 Å². The number of alkyl halides is 3. The standard InChI is InChI=1S/C9H11F3N2O3/c10-9(11,12)7(15)17-14-5-2-8(16,1-4-13)3-6-14/h16H,1-3,5-6H2. The van der Waals surface area contributed by atoms with Gasteiger partial charge < -0.3 is 9.94 Å². The molecule has 1 aliphatic rings. The number of piperidine rings is 1.